The summed E-state index contributed by atoms with van der Waals surface area (Å²) in [4.78, 5) is 2.34. The normalized spacial score (nSPS) is 14.3. The summed E-state index contributed by atoms with van der Waals surface area (Å²) in [5.74, 6) is 0.892. The van der Waals surface area contributed by atoms with Crippen LogP contribution in [0.3, 0.4) is 0 Å². The molecule has 2 N–H and O–H groups in total. The van der Waals surface area contributed by atoms with Crippen molar-refractivity contribution >= 4 is 0 Å². The molecule has 0 heterocycles. The topological polar surface area (TPSA) is 47.7 Å². The third kappa shape index (κ3) is 5.12. The van der Waals surface area contributed by atoms with Crippen LogP contribution in [0, 0.1) is 0 Å². The van der Waals surface area contributed by atoms with Gasteiger partial charge < -0.3 is 15.2 Å². The molecule has 0 radical (unpaired) electrons. The predicted octanol–water partition coefficient (Wildman–Crippen LogP) is 2.44. The molecular weight excluding hydrogens is 252 g/mol. The molecule has 0 aliphatic heterocycles. The number of ether oxygens (including phenoxy) is 2. The first-order valence-corrected chi connectivity index (χ1v) is 7.33. The minimum atomic E-state index is 0.00457. The maximum absolute atomic E-state index is 6.31. The molecule has 2 unspecified atom stereocenters. The molecule has 0 saturated heterocycles. The van der Waals surface area contributed by atoms with Crippen LogP contribution in [0.1, 0.15) is 32.4 Å². The predicted molar refractivity (Wildman–Crippen MR) is 83.1 cm³/mol. The fourth-order valence-electron chi connectivity index (χ4n) is 2.30. The summed E-state index contributed by atoms with van der Waals surface area (Å²) in [6, 6.07) is 8.43. The molecule has 0 amide bonds. The van der Waals surface area contributed by atoms with Crippen LogP contribution < -0.4 is 10.5 Å². The van der Waals surface area contributed by atoms with E-state index < -0.39 is 0 Å². The molecule has 0 aliphatic rings. The lowest BCUT2D eigenvalue weighted by Crippen LogP contribution is -2.40. The third-order valence-corrected chi connectivity index (χ3v) is 3.49. The van der Waals surface area contributed by atoms with Gasteiger partial charge in [-0.25, -0.2) is 0 Å². The molecule has 4 nitrogen and oxygen atoms in total. The van der Waals surface area contributed by atoms with E-state index in [0.717, 1.165) is 31.0 Å². The quantitative estimate of drug-likeness (QED) is 0.755. The monoisotopic (exact) mass is 280 g/mol. The third-order valence-electron chi connectivity index (χ3n) is 3.49. The van der Waals surface area contributed by atoms with Gasteiger partial charge in [0.1, 0.15) is 5.75 Å². The largest absolute Gasteiger partial charge is 0.494 e. The average Bonchev–Trinajstić information content (AvgIpc) is 2.45. The molecular formula is C16H28N2O2. The Morgan fingerprint density at radius 1 is 1.20 bits per heavy atom. The van der Waals surface area contributed by atoms with E-state index in [4.69, 9.17) is 15.2 Å². The zero-order chi connectivity index (χ0) is 15.0. The Labute approximate surface area is 122 Å². The zero-order valence-electron chi connectivity index (χ0n) is 13.1. The van der Waals surface area contributed by atoms with E-state index in [-0.39, 0.29) is 6.04 Å². The van der Waals surface area contributed by atoms with Gasteiger partial charge in [-0.15, -0.1) is 0 Å². The summed E-state index contributed by atoms with van der Waals surface area (Å²) < 4.78 is 10.7. The molecule has 0 bridgehead atoms. The molecule has 0 spiro atoms. The number of benzene rings is 1. The number of hydrogen-bond acceptors (Lipinski definition) is 4. The van der Waals surface area contributed by atoms with E-state index in [0.29, 0.717) is 12.6 Å². The van der Waals surface area contributed by atoms with E-state index in [1.165, 1.54) is 0 Å². The van der Waals surface area contributed by atoms with Crippen molar-refractivity contribution in [1.29, 1.82) is 0 Å². The molecule has 1 aromatic rings. The number of nitrogens with zero attached hydrogens (tertiary/aromatic N) is 1. The lowest BCUT2D eigenvalue weighted by molar-refractivity contribution is 0.0986. The zero-order valence-corrected chi connectivity index (χ0v) is 13.1. The van der Waals surface area contributed by atoms with Gasteiger partial charge in [-0.2, -0.15) is 0 Å². The van der Waals surface area contributed by atoms with Gasteiger partial charge in [0.05, 0.1) is 13.2 Å². The maximum atomic E-state index is 6.31. The Hall–Kier alpha value is -1.10. The van der Waals surface area contributed by atoms with E-state index in [2.05, 4.69) is 18.7 Å². The van der Waals surface area contributed by atoms with E-state index in [9.17, 15) is 0 Å². The van der Waals surface area contributed by atoms with Crippen LogP contribution in [0.4, 0.5) is 0 Å². The standard InChI is InChI=1S/C16H28N2O2/c1-5-18(13(3)12-19-4)11-16(17)14-7-9-15(10-8-14)20-6-2/h7-10,13,16H,5-6,11-12,17H2,1-4H3. The summed E-state index contributed by atoms with van der Waals surface area (Å²) >= 11 is 0. The van der Waals surface area contributed by atoms with Crippen LogP contribution in [0.25, 0.3) is 0 Å². The van der Waals surface area contributed by atoms with Gasteiger partial charge in [-0.3, -0.25) is 4.90 Å². The highest BCUT2D eigenvalue weighted by Gasteiger charge is 2.16. The SMILES string of the molecule is CCOc1ccc(C(N)CN(CC)C(C)COC)cc1. The fraction of sp³-hybridized carbons (Fsp3) is 0.625. The molecule has 0 fully saturated rings. The second kappa shape index (κ2) is 8.95. The van der Waals surface area contributed by atoms with Crippen LogP contribution in [0.2, 0.25) is 0 Å². The van der Waals surface area contributed by atoms with Crippen LogP contribution in [-0.4, -0.2) is 44.4 Å². The van der Waals surface area contributed by atoms with Gasteiger partial charge in [-0.05, 0) is 38.1 Å². The molecule has 0 aromatic heterocycles. The number of likely N-dealkylation sites (N-methyl/N-ethyl adjacent to an activating group) is 1. The summed E-state index contributed by atoms with van der Waals surface area (Å²) in [7, 11) is 1.73. The van der Waals surface area contributed by atoms with Crippen molar-refractivity contribution in [3.63, 3.8) is 0 Å². The van der Waals surface area contributed by atoms with Gasteiger partial charge in [0, 0.05) is 25.7 Å². The first-order chi connectivity index (χ1) is 9.62. The highest BCUT2D eigenvalue weighted by atomic mass is 16.5. The second-order valence-electron chi connectivity index (χ2n) is 5.00. The molecule has 114 valence electrons. The summed E-state index contributed by atoms with van der Waals surface area (Å²) in [5.41, 5.74) is 7.44. The van der Waals surface area contributed by atoms with E-state index >= 15 is 0 Å². The number of rotatable bonds is 9. The molecule has 20 heavy (non-hydrogen) atoms. The number of methoxy groups -OCH3 is 1. The van der Waals surface area contributed by atoms with Crippen LogP contribution in [0.5, 0.6) is 5.75 Å². The van der Waals surface area contributed by atoms with Gasteiger partial charge >= 0.3 is 0 Å². The Morgan fingerprint density at radius 2 is 1.85 bits per heavy atom. The van der Waals surface area contributed by atoms with Gasteiger partial charge in [0.25, 0.3) is 0 Å². The first-order valence-electron chi connectivity index (χ1n) is 7.33. The Morgan fingerprint density at radius 3 is 2.35 bits per heavy atom. The van der Waals surface area contributed by atoms with Gasteiger partial charge in [0.2, 0.25) is 0 Å². The van der Waals surface area contributed by atoms with E-state index in [1.807, 2.05) is 31.2 Å². The number of nitrogens with two attached hydrogens (primary N) is 1. The van der Waals surface area contributed by atoms with Crippen molar-refractivity contribution in [2.24, 2.45) is 5.73 Å². The smallest absolute Gasteiger partial charge is 0.119 e. The number of hydrogen-bond donors (Lipinski definition) is 1. The van der Waals surface area contributed by atoms with Crippen molar-refractivity contribution in [2.45, 2.75) is 32.9 Å². The first kappa shape index (κ1) is 17.0. The minimum absolute atomic E-state index is 0.00457. The average molecular weight is 280 g/mol. The lowest BCUT2D eigenvalue weighted by Gasteiger charge is -2.30. The van der Waals surface area contributed by atoms with Crippen LogP contribution in [-0.2, 0) is 4.74 Å². The van der Waals surface area contributed by atoms with Gasteiger partial charge in [0.15, 0.2) is 0 Å². The molecule has 0 aliphatic carbocycles. The van der Waals surface area contributed by atoms with Crippen molar-refractivity contribution in [3.8, 4) is 5.75 Å². The Kier molecular flexibility index (Phi) is 7.59. The summed E-state index contributed by atoms with van der Waals surface area (Å²) in [6.45, 7) is 9.50. The molecule has 1 rings (SSSR count). The van der Waals surface area contributed by atoms with Crippen molar-refractivity contribution in [2.75, 3.05) is 33.4 Å². The summed E-state index contributed by atoms with van der Waals surface area (Å²) in [5, 5.41) is 0. The van der Waals surface area contributed by atoms with Gasteiger partial charge in [-0.1, -0.05) is 19.1 Å². The highest BCUT2D eigenvalue weighted by Crippen LogP contribution is 2.18. The van der Waals surface area contributed by atoms with Crippen molar-refractivity contribution in [1.82, 2.24) is 4.90 Å². The minimum Gasteiger partial charge on any atom is -0.494 e. The van der Waals surface area contributed by atoms with Crippen LogP contribution >= 0.6 is 0 Å². The highest BCUT2D eigenvalue weighted by molar-refractivity contribution is 5.29. The summed E-state index contributed by atoms with van der Waals surface area (Å²) in [6.07, 6.45) is 0. The van der Waals surface area contributed by atoms with Crippen molar-refractivity contribution < 1.29 is 9.47 Å². The second-order valence-corrected chi connectivity index (χ2v) is 5.00. The molecule has 0 saturated carbocycles. The lowest BCUT2D eigenvalue weighted by atomic mass is 10.1. The Bertz CT molecular complexity index is 367. The Balaban J connectivity index is 2.61. The van der Waals surface area contributed by atoms with Crippen molar-refractivity contribution in [3.05, 3.63) is 29.8 Å². The maximum Gasteiger partial charge on any atom is 0.119 e. The van der Waals surface area contributed by atoms with Crippen LogP contribution in [0.15, 0.2) is 24.3 Å². The molecule has 2 atom stereocenters. The molecule has 1 aromatic carbocycles. The van der Waals surface area contributed by atoms with E-state index in [1.54, 1.807) is 7.11 Å². The molecule has 4 heteroatoms. The fourth-order valence-corrected chi connectivity index (χ4v) is 2.30.